The van der Waals surface area contributed by atoms with Crippen LogP contribution in [-0.2, 0) is 4.79 Å². The summed E-state index contributed by atoms with van der Waals surface area (Å²) >= 11 is 1.63. The highest BCUT2D eigenvalue weighted by Gasteiger charge is 2.14. The summed E-state index contributed by atoms with van der Waals surface area (Å²) in [7, 11) is 1.60. The summed E-state index contributed by atoms with van der Waals surface area (Å²) in [5.41, 5.74) is 2.20. The van der Waals surface area contributed by atoms with Gasteiger partial charge >= 0.3 is 0 Å². The Morgan fingerprint density at radius 2 is 2.00 bits per heavy atom. The highest BCUT2D eigenvalue weighted by Crippen LogP contribution is 2.36. The number of ether oxygens (including phenoxy) is 1. The SMILES string of the molecule is COc1cc2c(cc1NC(=O)CSCC(C)C)oc1ccccc12. The molecule has 2 aromatic carbocycles. The van der Waals surface area contributed by atoms with Gasteiger partial charge in [0, 0.05) is 16.8 Å². The van der Waals surface area contributed by atoms with Gasteiger partial charge in [0.25, 0.3) is 0 Å². The Morgan fingerprint density at radius 1 is 1.21 bits per heavy atom. The second kappa shape index (κ2) is 7.18. The van der Waals surface area contributed by atoms with Gasteiger partial charge in [0.05, 0.1) is 18.6 Å². The standard InChI is InChI=1S/C19H21NO3S/c1-12(2)10-24-11-19(21)20-15-9-17-14(8-18(15)22-3)13-6-4-5-7-16(13)23-17/h4-9,12H,10-11H2,1-3H3,(H,20,21). The molecule has 0 radical (unpaired) electrons. The molecule has 0 aliphatic carbocycles. The van der Waals surface area contributed by atoms with Crippen LogP contribution in [0.2, 0.25) is 0 Å². The van der Waals surface area contributed by atoms with E-state index in [-0.39, 0.29) is 5.91 Å². The first kappa shape index (κ1) is 16.7. The first-order valence-corrected chi connectivity index (χ1v) is 9.11. The van der Waals surface area contributed by atoms with Gasteiger partial charge in [-0.2, -0.15) is 11.8 Å². The van der Waals surface area contributed by atoms with Gasteiger partial charge < -0.3 is 14.5 Å². The molecule has 0 atom stereocenters. The van der Waals surface area contributed by atoms with E-state index < -0.39 is 0 Å². The van der Waals surface area contributed by atoms with E-state index in [1.165, 1.54) is 0 Å². The number of hydrogen-bond donors (Lipinski definition) is 1. The van der Waals surface area contributed by atoms with E-state index in [1.807, 2.05) is 36.4 Å². The van der Waals surface area contributed by atoms with Crippen LogP contribution in [0.4, 0.5) is 5.69 Å². The van der Waals surface area contributed by atoms with Gasteiger partial charge in [-0.15, -0.1) is 0 Å². The van der Waals surface area contributed by atoms with Crippen molar-refractivity contribution in [3.8, 4) is 5.75 Å². The normalized spacial score (nSPS) is 11.3. The number of carbonyl (C=O) groups is 1. The zero-order chi connectivity index (χ0) is 17.1. The summed E-state index contributed by atoms with van der Waals surface area (Å²) in [6.07, 6.45) is 0. The topological polar surface area (TPSA) is 51.5 Å². The fraction of sp³-hybridized carbons (Fsp3) is 0.316. The van der Waals surface area contributed by atoms with Gasteiger partial charge in [0.2, 0.25) is 5.91 Å². The van der Waals surface area contributed by atoms with Gasteiger partial charge in [-0.3, -0.25) is 4.79 Å². The molecule has 0 fully saturated rings. The summed E-state index contributed by atoms with van der Waals surface area (Å²) in [4.78, 5) is 12.2. The van der Waals surface area contributed by atoms with Crippen LogP contribution in [0.3, 0.4) is 0 Å². The van der Waals surface area contributed by atoms with Crippen LogP contribution < -0.4 is 10.1 Å². The first-order chi connectivity index (χ1) is 11.6. The number of nitrogens with one attached hydrogen (secondary N) is 1. The third-order valence-electron chi connectivity index (χ3n) is 3.66. The second-order valence-electron chi connectivity index (χ2n) is 6.10. The molecule has 4 nitrogen and oxygen atoms in total. The molecule has 0 saturated heterocycles. The maximum Gasteiger partial charge on any atom is 0.234 e. The Kier molecular flexibility index (Phi) is 5.00. The first-order valence-electron chi connectivity index (χ1n) is 7.95. The van der Waals surface area contributed by atoms with Gasteiger partial charge in [0.1, 0.15) is 16.9 Å². The lowest BCUT2D eigenvalue weighted by molar-refractivity contribution is -0.113. The Labute approximate surface area is 145 Å². The molecule has 1 N–H and O–H groups in total. The lowest BCUT2D eigenvalue weighted by Gasteiger charge is -2.10. The third-order valence-corrected chi connectivity index (χ3v) is 5.03. The van der Waals surface area contributed by atoms with Crippen molar-refractivity contribution in [1.29, 1.82) is 0 Å². The molecule has 1 amide bonds. The largest absolute Gasteiger partial charge is 0.495 e. The summed E-state index contributed by atoms with van der Waals surface area (Å²) < 4.78 is 11.3. The fourth-order valence-electron chi connectivity index (χ4n) is 2.59. The van der Waals surface area contributed by atoms with E-state index in [2.05, 4.69) is 19.2 Å². The molecular weight excluding hydrogens is 322 g/mol. The van der Waals surface area contributed by atoms with Crippen molar-refractivity contribution in [3.63, 3.8) is 0 Å². The molecule has 0 unspecified atom stereocenters. The fourth-order valence-corrected chi connectivity index (χ4v) is 3.44. The number of rotatable bonds is 6. The van der Waals surface area contributed by atoms with Crippen molar-refractivity contribution in [2.45, 2.75) is 13.8 Å². The molecule has 1 aromatic heterocycles. The highest BCUT2D eigenvalue weighted by molar-refractivity contribution is 7.99. The smallest absolute Gasteiger partial charge is 0.234 e. The molecule has 0 saturated carbocycles. The van der Waals surface area contributed by atoms with E-state index in [0.29, 0.717) is 23.1 Å². The number of furan rings is 1. The predicted molar refractivity (Wildman–Crippen MR) is 101 cm³/mol. The molecule has 3 rings (SSSR count). The summed E-state index contributed by atoms with van der Waals surface area (Å²) in [5.74, 6) is 2.57. The molecule has 5 heteroatoms. The number of methoxy groups -OCH3 is 1. The zero-order valence-corrected chi connectivity index (χ0v) is 14.9. The molecule has 24 heavy (non-hydrogen) atoms. The van der Waals surface area contributed by atoms with E-state index in [0.717, 1.165) is 27.7 Å². The number of anilines is 1. The van der Waals surface area contributed by atoms with Crippen LogP contribution in [-0.4, -0.2) is 24.5 Å². The molecule has 0 bridgehead atoms. The zero-order valence-electron chi connectivity index (χ0n) is 14.1. The number of benzene rings is 2. The Morgan fingerprint density at radius 3 is 2.75 bits per heavy atom. The van der Waals surface area contributed by atoms with Crippen molar-refractivity contribution in [2.75, 3.05) is 23.9 Å². The van der Waals surface area contributed by atoms with Crippen LogP contribution in [0, 0.1) is 5.92 Å². The number of carbonyl (C=O) groups excluding carboxylic acids is 1. The molecular formula is C19H21NO3S. The van der Waals surface area contributed by atoms with Crippen LogP contribution >= 0.6 is 11.8 Å². The summed E-state index contributed by atoms with van der Waals surface area (Å²) in [6.45, 7) is 4.28. The van der Waals surface area contributed by atoms with Crippen LogP contribution in [0.1, 0.15) is 13.8 Å². The molecule has 126 valence electrons. The minimum absolute atomic E-state index is 0.0330. The average molecular weight is 343 g/mol. The van der Waals surface area contributed by atoms with Crippen molar-refractivity contribution < 1.29 is 13.9 Å². The van der Waals surface area contributed by atoms with E-state index >= 15 is 0 Å². The minimum atomic E-state index is -0.0330. The molecule has 0 aliphatic rings. The minimum Gasteiger partial charge on any atom is -0.495 e. The van der Waals surface area contributed by atoms with E-state index in [9.17, 15) is 4.79 Å². The maximum atomic E-state index is 12.2. The average Bonchev–Trinajstić information content (AvgIpc) is 2.91. The number of hydrogen-bond acceptors (Lipinski definition) is 4. The lowest BCUT2D eigenvalue weighted by Crippen LogP contribution is -2.15. The molecule has 0 spiro atoms. The van der Waals surface area contributed by atoms with E-state index in [4.69, 9.17) is 9.15 Å². The quantitative estimate of drug-likeness (QED) is 0.690. The maximum absolute atomic E-state index is 12.2. The van der Waals surface area contributed by atoms with Crippen molar-refractivity contribution >= 4 is 45.3 Å². The van der Waals surface area contributed by atoms with Gasteiger partial charge in [0.15, 0.2) is 0 Å². The molecule has 3 aromatic rings. The van der Waals surface area contributed by atoms with Crippen LogP contribution in [0.25, 0.3) is 21.9 Å². The Bertz CT molecular complexity index is 870. The summed E-state index contributed by atoms with van der Waals surface area (Å²) in [5, 5.41) is 4.95. The van der Waals surface area contributed by atoms with Crippen LogP contribution in [0.15, 0.2) is 40.8 Å². The van der Waals surface area contributed by atoms with Crippen molar-refractivity contribution in [1.82, 2.24) is 0 Å². The van der Waals surface area contributed by atoms with Gasteiger partial charge in [-0.25, -0.2) is 0 Å². The number of fused-ring (bicyclic) bond motifs is 3. The van der Waals surface area contributed by atoms with Gasteiger partial charge in [-0.05, 0) is 23.8 Å². The van der Waals surface area contributed by atoms with Crippen molar-refractivity contribution in [2.24, 2.45) is 5.92 Å². The summed E-state index contributed by atoms with van der Waals surface area (Å²) in [6, 6.07) is 11.6. The monoisotopic (exact) mass is 343 g/mol. The predicted octanol–water partition coefficient (Wildman–Crippen LogP) is 4.92. The Hall–Kier alpha value is -2.14. The number of amides is 1. The third kappa shape index (κ3) is 3.51. The van der Waals surface area contributed by atoms with Crippen molar-refractivity contribution in [3.05, 3.63) is 36.4 Å². The second-order valence-corrected chi connectivity index (χ2v) is 7.13. The molecule has 0 aliphatic heterocycles. The lowest BCUT2D eigenvalue weighted by atomic mass is 10.1. The van der Waals surface area contributed by atoms with Gasteiger partial charge in [-0.1, -0.05) is 32.0 Å². The number of para-hydroxylation sites is 1. The van der Waals surface area contributed by atoms with Crippen LogP contribution in [0.5, 0.6) is 5.75 Å². The number of thioether (sulfide) groups is 1. The molecule has 1 heterocycles. The van der Waals surface area contributed by atoms with E-state index in [1.54, 1.807) is 18.9 Å². The Balaban J connectivity index is 1.87. The highest BCUT2D eigenvalue weighted by atomic mass is 32.2.